The average molecular weight is 473 g/mol. The van der Waals surface area contributed by atoms with Gasteiger partial charge in [0.1, 0.15) is 23.0 Å². The highest BCUT2D eigenvalue weighted by Gasteiger charge is 2.24. The molecule has 0 aliphatic carbocycles. The zero-order valence-electron chi connectivity index (χ0n) is 22.0. The molecule has 0 unspecified atom stereocenters. The third kappa shape index (κ3) is 5.29. The van der Waals surface area contributed by atoms with Crippen LogP contribution in [0, 0.1) is 41.5 Å². The average Bonchev–Trinajstić information content (AvgIpc) is 2.79. The maximum absolute atomic E-state index is 12.2. The van der Waals surface area contributed by atoms with Gasteiger partial charge in [0, 0.05) is 18.1 Å². The fourth-order valence-electron chi connectivity index (χ4n) is 4.26. The van der Waals surface area contributed by atoms with E-state index in [1.54, 1.807) is 7.11 Å². The first-order valence-electron chi connectivity index (χ1n) is 11.4. The third-order valence-electron chi connectivity index (χ3n) is 6.36. The Hall–Kier alpha value is -3.22. The summed E-state index contributed by atoms with van der Waals surface area (Å²) in [6.07, 6.45) is 0.512. The van der Waals surface area contributed by atoms with Crippen molar-refractivity contribution in [2.45, 2.75) is 75.2 Å². The molecular weight excluding hydrogens is 436 g/mol. The largest absolute Gasteiger partial charge is 0.516 e. The number of methoxy groups -OCH3 is 1. The second-order valence-electron chi connectivity index (χ2n) is 8.29. The second-order valence-corrected chi connectivity index (χ2v) is 8.29. The van der Waals surface area contributed by atoms with Gasteiger partial charge in [-0.15, -0.1) is 0 Å². The van der Waals surface area contributed by atoms with Crippen LogP contribution in [-0.4, -0.2) is 26.0 Å². The molecule has 186 valence electrons. The van der Waals surface area contributed by atoms with Crippen molar-refractivity contribution in [1.29, 1.82) is 0 Å². The molecule has 0 spiro atoms. The summed E-state index contributed by atoms with van der Waals surface area (Å²) in [6, 6.07) is 0. The van der Waals surface area contributed by atoms with Crippen LogP contribution in [0.3, 0.4) is 0 Å². The third-order valence-corrected chi connectivity index (χ3v) is 6.36. The molecule has 0 saturated heterocycles. The van der Waals surface area contributed by atoms with E-state index < -0.39 is 18.9 Å². The molecule has 0 heterocycles. The normalized spacial score (nSPS) is 10.6. The van der Waals surface area contributed by atoms with E-state index in [4.69, 9.17) is 18.9 Å². The van der Waals surface area contributed by atoms with E-state index in [9.17, 15) is 9.59 Å². The predicted molar refractivity (Wildman–Crippen MR) is 130 cm³/mol. The van der Waals surface area contributed by atoms with E-state index in [1.807, 2.05) is 41.5 Å². The number of carbonyl (C=O) groups is 2. The van der Waals surface area contributed by atoms with Crippen LogP contribution < -0.4 is 14.2 Å². The molecule has 0 N–H and O–H groups in total. The maximum atomic E-state index is 12.2. The van der Waals surface area contributed by atoms with Crippen molar-refractivity contribution in [3.63, 3.8) is 0 Å². The van der Waals surface area contributed by atoms with Gasteiger partial charge in [0.25, 0.3) is 0 Å². The highest BCUT2D eigenvalue weighted by molar-refractivity contribution is 5.69. The Bertz CT molecular complexity index is 1100. The van der Waals surface area contributed by atoms with Crippen molar-refractivity contribution >= 4 is 12.1 Å². The molecule has 0 atom stereocenters. The van der Waals surface area contributed by atoms with Gasteiger partial charge in [0.05, 0.1) is 7.11 Å². The topological polar surface area (TPSA) is 80.3 Å². The molecule has 0 aliphatic heterocycles. The molecule has 0 bridgehead atoms. The Morgan fingerprint density at radius 2 is 1.09 bits per heavy atom. The van der Waals surface area contributed by atoms with Gasteiger partial charge in [-0.2, -0.15) is 0 Å². The molecule has 0 aliphatic rings. The smallest absolute Gasteiger partial charge is 0.496 e. The van der Waals surface area contributed by atoms with Crippen LogP contribution in [0.15, 0.2) is 0 Å². The summed E-state index contributed by atoms with van der Waals surface area (Å²) in [7, 11) is 1.70. The van der Waals surface area contributed by atoms with E-state index in [1.165, 1.54) is 6.92 Å². The van der Waals surface area contributed by atoms with Crippen molar-refractivity contribution in [3.8, 4) is 23.0 Å². The number of ether oxygens (including phenoxy) is 5. The van der Waals surface area contributed by atoms with Gasteiger partial charge in [0.15, 0.2) is 0 Å². The van der Waals surface area contributed by atoms with Crippen LogP contribution in [0.2, 0.25) is 0 Å². The standard InChI is InChI=1S/C27H36O7/c1-11-21-18(7)23(14(3)16(5)25(21)30-10)33-24-15(4)17(6)26(22(12-2)19(24)8)34-27(29)32-13-31-20(9)28/h11-13H2,1-10H3. The molecule has 2 aromatic rings. The predicted octanol–water partition coefficient (Wildman–Crippen LogP) is 6.50. The number of hydrogen-bond donors (Lipinski definition) is 0. The number of carbonyl (C=O) groups excluding carboxylic acids is 2. The van der Waals surface area contributed by atoms with E-state index in [0.717, 1.165) is 68.2 Å². The Labute approximate surface area is 202 Å². The van der Waals surface area contributed by atoms with Crippen LogP contribution in [0.1, 0.15) is 65.3 Å². The molecule has 0 fully saturated rings. The van der Waals surface area contributed by atoms with Gasteiger partial charge in [-0.3, -0.25) is 4.79 Å². The van der Waals surface area contributed by atoms with Crippen molar-refractivity contribution in [3.05, 3.63) is 44.5 Å². The minimum Gasteiger partial charge on any atom is -0.496 e. The lowest BCUT2D eigenvalue weighted by Gasteiger charge is -2.24. The molecule has 0 saturated carbocycles. The molecular formula is C27H36O7. The first-order chi connectivity index (χ1) is 16.0. The highest BCUT2D eigenvalue weighted by atomic mass is 16.8. The van der Waals surface area contributed by atoms with E-state index in [-0.39, 0.29) is 0 Å². The Balaban J connectivity index is 2.54. The van der Waals surface area contributed by atoms with Crippen LogP contribution in [0.5, 0.6) is 23.0 Å². The summed E-state index contributed by atoms with van der Waals surface area (Å²) in [5.41, 5.74) is 7.62. The SMILES string of the molecule is CCc1c(C)c(Oc2c(C)c(C)c(OC(=O)OCOC(C)=O)c(CC)c2C)c(C)c(C)c1OC. The fourth-order valence-corrected chi connectivity index (χ4v) is 4.26. The summed E-state index contributed by atoms with van der Waals surface area (Å²) in [5.74, 6) is 2.35. The van der Waals surface area contributed by atoms with Gasteiger partial charge in [-0.05, 0) is 87.8 Å². The fraction of sp³-hybridized carbons (Fsp3) is 0.481. The number of hydrogen-bond acceptors (Lipinski definition) is 7. The summed E-state index contributed by atoms with van der Waals surface area (Å²) in [5, 5.41) is 0. The lowest BCUT2D eigenvalue weighted by molar-refractivity contribution is -0.149. The summed E-state index contributed by atoms with van der Waals surface area (Å²) in [4.78, 5) is 23.1. The molecule has 0 aromatic heterocycles. The van der Waals surface area contributed by atoms with Crippen LogP contribution in [-0.2, 0) is 27.1 Å². The molecule has 2 aromatic carbocycles. The van der Waals surface area contributed by atoms with Crippen LogP contribution in [0.25, 0.3) is 0 Å². The van der Waals surface area contributed by atoms with E-state index in [0.29, 0.717) is 12.2 Å². The Morgan fingerprint density at radius 3 is 1.53 bits per heavy atom. The molecule has 7 heteroatoms. The first kappa shape index (κ1) is 27.0. The van der Waals surface area contributed by atoms with Gasteiger partial charge < -0.3 is 23.7 Å². The van der Waals surface area contributed by atoms with Gasteiger partial charge >= 0.3 is 12.1 Å². The zero-order chi connectivity index (χ0) is 25.7. The molecule has 2 rings (SSSR count). The zero-order valence-corrected chi connectivity index (χ0v) is 22.0. The van der Waals surface area contributed by atoms with Crippen molar-refractivity contribution in [2.75, 3.05) is 13.9 Å². The molecule has 0 radical (unpaired) electrons. The van der Waals surface area contributed by atoms with E-state index in [2.05, 4.69) is 18.6 Å². The molecule has 0 amide bonds. The van der Waals surface area contributed by atoms with Crippen molar-refractivity contribution in [1.82, 2.24) is 0 Å². The van der Waals surface area contributed by atoms with Gasteiger partial charge in [-0.25, -0.2) is 4.79 Å². The summed E-state index contributed by atoms with van der Waals surface area (Å²) < 4.78 is 27.3. The lowest BCUT2D eigenvalue weighted by atomic mass is 9.94. The Kier molecular flexibility index (Phi) is 8.96. The minimum absolute atomic E-state index is 0.436. The minimum atomic E-state index is -0.934. The monoisotopic (exact) mass is 472 g/mol. The first-order valence-corrected chi connectivity index (χ1v) is 11.4. The Morgan fingerprint density at radius 1 is 0.647 bits per heavy atom. The van der Waals surface area contributed by atoms with Crippen molar-refractivity contribution < 1.29 is 33.3 Å². The quantitative estimate of drug-likeness (QED) is 0.246. The number of benzene rings is 2. The summed E-state index contributed by atoms with van der Waals surface area (Å²) >= 11 is 0. The highest BCUT2D eigenvalue weighted by Crippen LogP contribution is 2.44. The molecule has 7 nitrogen and oxygen atoms in total. The number of rotatable bonds is 8. The summed E-state index contributed by atoms with van der Waals surface area (Å²) in [6.45, 7) is 16.7. The van der Waals surface area contributed by atoms with Crippen LogP contribution >= 0.6 is 0 Å². The van der Waals surface area contributed by atoms with Crippen molar-refractivity contribution in [2.24, 2.45) is 0 Å². The van der Waals surface area contributed by atoms with Gasteiger partial charge in [0.2, 0.25) is 6.79 Å². The van der Waals surface area contributed by atoms with Gasteiger partial charge in [-0.1, -0.05) is 13.8 Å². The molecule has 34 heavy (non-hydrogen) atoms. The lowest BCUT2D eigenvalue weighted by Crippen LogP contribution is -2.16. The van der Waals surface area contributed by atoms with Crippen LogP contribution in [0.4, 0.5) is 4.79 Å². The second kappa shape index (κ2) is 11.3. The number of esters is 1. The van der Waals surface area contributed by atoms with E-state index >= 15 is 0 Å². The maximum Gasteiger partial charge on any atom is 0.516 e.